The van der Waals surface area contributed by atoms with Crippen LogP contribution in [0.3, 0.4) is 0 Å². The molecule has 9 nitrogen and oxygen atoms in total. The van der Waals surface area contributed by atoms with Crippen molar-refractivity contribution in [2.24, 2.45) is 0 Å². The first-order valence-electron chi connectivity index (χ1n) is 8.72. The average Bonchev–Trinajstić information content (AvgIpc) is 2.61. The minimum atomic E-state index is -0.915. The zero-order valence-electron chi connectivity index (χ0n) is 18.8. The van der Waals surface area contributed by atoms with Gasteiger partial charge in [0.2, 0.25) is 11.3 Å². The monoisotopic (exact) mass is 566 g/mol. The molecule has 0 aromatic rings. The lowest BCUT2D eigenvalue weighted by molar-refractivity contribution is -0.138. The molecule has 4 unspecified atom stereocenters. The Morgan fingerprint density at radius 3 is 1.34 bits per heavy atom. The highest BCUT2D eigenvalue weighted by Crippen LogP contribution is 2.34. The Morgan fingerprint density at radius 1 is 0.828 bits per heavy atom. The Hall–Kier alpha value is -0.410. The molecule has 4 atom stereocenters. The molecule has 0 radical (unpaired) electrons. The summed E-state index contributed by atoms with van der Waals surface area (Å²) in [5.41, 5.74) is 0.142. The number of hydrogen-bond donors (Lipinski definition) is 3. The highest BCUT2D eigenvalue weighted by molar-refractivity contribution is 14.0. The van der Waals surface area contributed by atoms with Crippen LogP contribution in [-0.4, -0.2) is 118 Å². The van der Waals surface area contributed by atoms with Gasteiger partial charge in [-0.15, -0.1) is 24.0 Å². The number of nitrogens with zero attached hydrogens (tertiary/aromatic N) is 2. The Morgan fingerprint density at radius 2 is 1.14 bits per heavy atom. The second-order valence-corrected chi connectivity index (χ2v) is 11.0. The summed E-state index contributed by atoms with van der Waals surface area (Å²) >= 11 is 0. The molecule has 3 N–H and O–H groups in total. The number of carboxylic acids is 1. The van der Waals surface area contributed by atoms with E-state index in [2.05, 4.69) is 10.6 Å². The first kappa shape index (κ1) is 33.2. The van der Waals surface area contributed by atoms with E-state index in [4.69, 9.17) is 5.11 Å². The quantitative estimate of drug-likeness (QED) is 0.274. The second-order valence-electron chi connectivity index (χ2n) is 6.75. The third kappa shape index (κ3) is 14.3. The van der Waals surface area contributed by atoms with Crippen LogP contribution in [0.2, 0.25) is 0 Å². The van der Waals surface area contributed by atoms with Crippen LogP contribution in [0.25, 0.3) is 0 Å². The first-order chi connectivity index (χ1) is 12.8. The van der Waals surface area contributed by atoms with E-state index in [9.17, 15) is 19.2 Å². The van der Waals surface area contributed by atoms with Gasteiger partial charge in [-0.1, -0.05) is 0 Å². The summed E-state index contributed by atoms with van der Waals surface area (Å²) in [4.78, 5) is 47.9. The van der Waals surface area contributed by atoms with Crippen LogP contribution in [0.5, 0.6) is 0 Å². The number of ketones is 1. The molecule has 0 aliphatic rings. The Labute approximate surface area is 194 Å². The molecule has 0 heterocycles. The van der Waals surface area contributed by atoms with Gasteiger partial charge in [0.25, 0.3) is 0 Å². The zero-order valence-corrected chi connectivity index (χ0v) is 23.0. The molecule has 0 rings (SSSR count). The summed E-state index contributed by atoms with van der Waals surface area (Å²) in [6.07, 6.45) is 0.996. The standard InChI is InChI=1S/C9H19N2O2P.C8H17N2O3P.HI/c1-7(12)8(10-2)6-14(5)9(13)11(3)4;1-9-6(7(11)12)5-14(4)8(13)10(2)3;/h8,10H,6H2,1-5H3;6,9H,5H2,1-4H3,(H,11,12);1H. The van der Waals surface area contributed by atoms with Gasteiger partial charge in [-0.2, -0.15) is 0 Å². The van der Waals surface area contributed by atoms with E-state index in [0.29, 0.717) is 12.3 Å². The average molecular weight is 566 g/mol. The van der Waals surface area contributed by atoms with Gasteiger partial charge in [-0.3, -0.25) is 19.2 Å². The zero-order chi connectivity index (χ0) is 22.6. The number of hydrogen-bond acceptors (Lipinski definition) is 6. The molecule has 12 heteroatoms. The lowest BCUT2D eigenvalue weighted by atomic mass is 10.2. The molecular weight excluding hydrogens is 529 g/mol. The molecule has 0 fully saturated rings. The predicted octanol–water partition coefficient (Wildman–Crippen LogP) is 2.03. The number of likely N-dealkylation sites (N-methyl/N-ethyl adjacent to an activating group) is 2. The molecule has 2 amide bonds. The van der Waals surface area contributed by atoms with Crippen LogP contribution < -0.4 is 10.6 Å². The van der Waals surface area contributed by atoms with Gasteiger partial charge < -0.3 is 25.5 Å². The van der Waals surface area contributed by atoms with Gasteiger partial charge in [0.1, 0.15) is 11.8 Å². The molecule has 0 aromatic heterocycles. The van der Waals surface area contributed by atoms with Gasteiger partial charge in [0.15, 0.2) is 0 Å². The highest BCUT2D eigenvalue weighted by Gasteiger charge is 2.23. The lowest BCUT2D eigenvalue weighted by Crippen LogP contribution is -2.37. The highest BCUT2D eigenvalue weighted by atomic mass is 127. The second kappa shape index (κ2) is 17.3. The van der Waals surface area contributed by atoms with Gasteiger partial charge in [-0.25, -0.2) is 0 Å². The molecule has 29 heavy (non-hydrogen) atoms. The number of Topliss-reactive ketones (excluding diaryl/α,β-unsaturated/α-hetero) is 1. The minimum absolute atomic E-state index is 0. The van der Waals surface area contributed by atoms with Crippen molar-refractivity contribution in [2.75, 3.05) is 67.9 Å². The van der Waals surface area contributed by atoms with E-state index in [1.54, 1.807) is 60.8 Å². The van der Waals surface area contributed by atoms with Crippen molar-refractivity contribution < 1.29 is 24.3 Å². The topological polar surface area (TPSA) is 119 Å². The molecule has 0 aliphatic heterocycles. The number of aliphatic carboxylic acids is 1. The summed E-state index contributed by atoms with van der Waals surface area (Å²) in [5, 5.41) is 14.4. The molecule has 0 saturated carbocycles. The molecule has 172 valence electrons. The molecule has 0 aliphatic carbocycles. The number of amides is 2. The summed E-state index contributed by atoms with van der Waals surface area (Å²) < 4.78 is 0. The van der Waals surface area contributed by atoms with Gasteiger partial charge in [0.05, 0.1) is 6.04 Å². The molecular formula is C17H37IN4O5P2. The molecule has 0 aromatic carbocycles. The van der Waals surface area contributed by atoms with Crippen molar-refractivity contribution in [2.45, 2.75) is 19.0 Å². The largest absolute Gasteiger partial charge is 0.480 e. The normalized spacial score (nSPS) is 14.1. The Balaban J connectivity index is -0.000000451. The summed E-state index contributed by atoms with van der Waals surface area (Å²) in [6, 6.07) is -0.815. The molecule has 0 saturated heterocycles. The first-order valence-corrected chi connectivity index (χ1v) is 12.7. The lowest BCUT2D eigenvalue weighted by Gasteiger charge is -2.20. The fourth-order valence-electron chi connectivity index (χ4n) is 2.10. The van der Waals surface area contributed by atoms with Gasteiger partial charge >= 0.3 is 5.97 Å². The van der Waals surface area contributed by atoms with Crippen LogP contribution in [0, 0.1) is 0 Å². The maximum absolute atomic E-state index is 11.5. The third-order valence-electron chi connectivity index (χ3n) is 3.82. The molecule has 0 spiro atoms. The number of halogens is 1. The van der Waals surface area contributed by atoms with E-state index in [-0.39, 0.29) is 47.1 Å². The molecule has 0 bridgehead atoms. The van der Waals surface area contributed by atoms with E-state index in [0.717, 1.165) is 0 Å². The SMILES string of the molecule is CNC(CP(C)C(=O)N(C)C)C(=O)O.CNC(CP(C)C(=O)N(C)C)C(C)=O.I. The fraction of sp³-hybridized carbons (Fsp3) is 0.765. The summed E-state index contributed by atoms with van der Waals surface area (Å²) in [7, 11) is 8.49. The number of nitrogens with one attached hydrogen (secondary N) is 2. The van der Waals surface area contributed by atoms with Crippen molar-refractivity contribution in [1.82, 2.24) is 20.4 Å². The van der Waals surface area contributed by atoms with Crippen molar-refractivity contribution in [3.63, 3.8) is 0 Å². The van der Waals surface area contributed by atoms with Gasteiger partial charge in [-0.05, 0) is 56.4 Å². The van der Waals surface area contributed by atoms with Crippen LogP contribution in [0.1, 0.15) is 6.92 Å². The van der Waals surface area contributed by atoms with E-state index in [1.165, 1.54) is 4.90 Å². The van der Waals surface area contributed by atoms with Crippen molar-refractivity contribution in [3.05, 3.63) is 0 Å². The third-order valence-corrected chi connectivity index (χ3v) is 7.75. The Bertz CT molecular complexity index is 492. The predicted molar refractivity (Wildman–Crippen MR) is 133 cm³/mol. The van der Waals surface area contributed by atoms with Crippen LogP contribution >= 0.6 is 39.8 Å². The van der Waals surface area contributed by atoms with Gasteiger partial charge in [0, 0.05) is 34.4 Å². The number of carbonyl (C=O) groups is 4. The number of rotatable bonds is 10. The van der Waals surface area contributed by atoms with E-state index < -0.39 is 27.9 Å². The van der Waals surface area contributed by atoms with Crippen LogP contribution in [0.15, 0.2) is 0 Å². The summed E-state index contributed by atoms with van der Waals surface area (Å²) in [5.74, 6) is -0.818. The van der Waals surface area contributed by atoms with E-state index in [1.807, 2.05) is 6.66 Å². The number of carboxylic acid groups (broad SMARTS) is 1. The van der Waals surface area contributed by atoms with Crippen LogP contribution in [0.4, 0.5) is 9.59 Å². The maximum Gasteiger partial charge on any atom is 0.321 e. The number of carbonyl (C=O) groups excluding carboxylic acids is 3. The minimum Gasteiger partial charge on any atom is -0.480 e. The smallest absolute Gasteiger partial charge is 0.321 e. The maximum atomic E-state index is 11.5. The van der Waals surface area contributed by atoms with Crippen molar-refractivity contribution in [1.29, 1.82) is 0 Å². The summed E-state index contributed by atoms with van der Waals surface area (Å²) in [6.45, 7) is 5.25. The Kier molecular flexibility index (Phi) is 19.8. The van der Waals surface area contributed by atoms with Crippen molar-refractivity contribution >= 4 is 62.9 Å². The van der Waals surface area contributed by atoms with Crippen LogP contribution in [-0.2, 0) is 9.59 Å². The van der Waals surface area contributed by atoms with Crippen molar-refractivity contribution in [3.8, 4) is 0 Å². The fourth-order valence-corrected chi connectivity index (χ4v) is 5.65. The van der Waals surface area contributed by atoms with E-state index >= 15 is 0 Å².